The van der Waals surface area contributed by atoms with Crippen LogP contribution in [-0.4, -0.2) is 27.0 Å². The highest BCUT2D eigenvalue weighted by molar-refractivity contribution is 14.1. The second-order valence-corrected chi connectivity index (χ2v) is 9.87. The summed E-state index contributed by atoms with van der Waals surface area (Å²) in [5, 5.41) is 21.7. The minimum atomic E-state index is -0.326. The number of nitrogens with one attached hydrogen (secondary N) is 2. The molecule has 0 saturated heterocycles. The molecule has 3 aromatic rings. The van der Waals surface area contributed by atoms with Gasteiger partial charge in [-0.3, -0.25) is 5.32 Å². The molecule has 6 nitrogen and oxygen atoms in total. The Bertz CT molecular complexity index is 1110. The normalized spacial score (nSPS) is 14.4. The number of urea groups is 1. The second-order valence-electron chi connectivity index (χ2n) is 7.78. The van der Waals surface area contributed by atoms with Crippen molar-refractivity contribution in [1.82, 2.24) is 15.1 Å². The number of rotatable bonds is 5. The SMILES string of the molecule is O=C(Nc1nn(-c2ccc(Cl)cc2Cl)c(-c2ccc(I)cc2)c1CO)NC1CCCCC1. The molecule has 0 bridgehead atoms. The maximum atomic E-state index is 12.7. The Labute approximate surface area is 210 Å². The zero-order valence-corrected chi connectivity index (χ0v) is 20.9. The van der Waals surface area contributed by atoms with Crippen molar-refractivity contribution in [3.63, 3.8) is 0 Å². The van der Waals surface area contributed by atoms with Gasteiger partial charge in [0.15, 0.2) is 5.82 Å². The molecule has 0 atom stereocenters. The molecular formula is C23H23Cl2IN4O2. The first-order chi connectivity index (χ1) is 15.5. The van der Waals surface area contributed by atoms with Crippen LogP contribution in [0.25, 0.3) is 16.9 Å². The molecule has 32 heavy (non-hydrogen) atoms. The first-order valence-electron chi connectivity index (χ1n) is 10.5. The third-order valence-corrected chi connectivity index (χ3v) is 6.83. The number of aromatic nitrogens is 2. The van der Waals surface area contributed by atoms with Crippen molar-refractivity contribution in [2.75, 3.05) is 5.32 Å². The van der Waals surface area contributed by atoms with Crippen LogP contribution < -0.4 is 10.6 Å². The van der Waals surface area contributed by atoms with E-state index in [0.29, 0.717) is 32.8 Å². The van der Waals surface area contributed by atoms with Gasteiger partial charge in [0.05, 0.1) is 23.0 Å². The van der Waals surface area contributed by atoms with Gasteiger partial charge in [-0.2, -0.15) is 0 Å². The molecule has 3 N–H and O–H groups in total. The number of aliphatic hydroxyl groups is 1. The van der Waals surface area contributed by atoms with Crippen LogP contribution in [0.3, 0.4) is 0 Å². The Morgan fingerprint density at radius 3 is 2.50 bits per heavy atom. The second kappa shape index (κ2) is 10.4. The lowest BCUT2D eigenvalue weighted by Gasteiger charge is -2.22. The first kappa shape index (κ1) is 23.4. The number of carbonyl (C=O) groups is 1. The number of aliphatic hydroxyl groups excluding tert-OH is 1. The van der Waals surface area contributed by atoms with Crippen LogP contribution in [0.15, 0.2) is 42.5 Å². The van der Waals surface area contributed by atoms with Gasteiger partial charge in [0.1, 0.15) is 0 Å². The van der Waals surface area contributed by atoms with Crippen molar-refractivity contribution in [3.8, 4) is 16.9 Å². The van der Waals surface area contributed by atoms with Crippen LogP contribution in [-0.2, 0) is 6.61 Å². The lowest BCUT2D eigenvalue weighted by atomic mass is 9.96. The van der Waals surface area contributed by atoms with E-state index in [-0.39, 0.29) is 18.7 Å². The molecule has 4 rings (SSSR count). The van der Waals surface area contributed by atoms with Crippen molar-refractivity contribution in [3.05, 3.63) is 61.6 Å². The maximum Gasteiger partial charge on any atom is 0.320 e. The molecule has 1 heterocycles. The third kappa shape index (κ3) is 5.22. The van der Waals surface area contributed by atoms with Gasteiger partial charge in [-0.15, -0.1) is 5.10 Å². The van der Waals surface area contributed by atoms with E-state index in [4.69, 9.17) is 23.2 Å². The third-order valence-electron chi connectivity index (χ3n) is 5.57. The molecule has 1 fully saturated rings. The predicted octanol–water partition coefficient (Wildman–Crippen LogP) is 6.40. The number of amides is 2. The highest BCUT2D eigenvalue weighted by Crippen LogP contribution is 2.35. The minimum Gasteiger partial charge on any atom is -0.391 e. The van der Waals surface area contributed by atoms with Crippen molar-refractivity contribution in [1.29, 1.82) is 0 Å². The Morgan fingerprint density at radius 2 is 1.84 bits per heavy atom. The number of benzene rings is 2. The monoisotopic (exact) mass is 584 g/mol. The lowest BCUT2D eigenvalue weighted by molar-refractivity contribution is 0.244. The number of hydrogen-bond donors (Lipinski definition) is 3. The summed E-state index contributed by atoms with van der Waals surface area (Å²) >= 11 is 14.8. The van der Waals surface area contributed by atoms with Crippen LogP contribution in [0, 0.1) is 3.57 Å². The Kier molecular flexibility index (Phi) is 7.60. The van der Waals surface area contributed by atoms with Crippen molar-refractivity contribution >= 4 is 57.6 Å². The summed E-state index contributed by atoms with van der Waals surface area (Å²) in [6, 6.07) is 12.8. The molecule has 0 unspecified atom stereocenters. The van der Waals surface area contributed by atoms with E-state index in [0.717, 1.165) is 34.8 Å². The fraction of sp³-hybridized carbons (Fsp3) is 0.304. The van der Waals surface area contributed by atoms with E-state index in [1.165, 1.54) is 6.42 Å². The molecule has 1 aromatic heterocycles. The van der Waals surface area contributed by atoms with Crippen LogP contribution >= 0.6 is 45.8 Å². The number of halogens is 3. The molecule has 0 spiro atoms. The largest absolute Gasteiger partial charge is 0.391 e. The van der Waals surface area contributed by atoms with Gasteiger partial charge < -0.3 is 10.4 Å². The van der Waals surface area contributed by atoms with Gasteiger partial charge in [-0.25, -0.2) is 9.48 Å². The van der Waals surface area contributed by atoms with Crippen LogP contribution in [0.5, 0.6) is 0 Å². The molecule has 1 aliphatic carbocycles. The lowest BCUT2D eigenvalue weighted by Crippen LogP contribution is -2.39. The van der Waals surface area contributed by atoms with E-state index in [1.807, 2.05) is 24.3 Å². The first-order valence-corrected chi connectivity index (χ1v) is 12.3. The molecule has 2 amide bonds. The summed E-state index contributed by atoms with van der Waals surface area (Å²) < 4.78 is 2.72. The highest BCUT2D eigenvalue weighted by atomic mass is 127. The van der Waals surface area contributed by atoms with Crippen LogP contribution in [0.4, 0.5) is 10.6 Å². The zero-order valence-electron chi connectivity index (χ0n) is 17.2. The summed E-state index contributed by atoms with van der Waals surface area (Å²) in [7, 11) is 0. The van der Waals surface area contributed by atoms with E-state index in [1.54, 1.807) is 22.9 Å². The molecule has 1 saturated carbocycles. The molecule has 0 aliphatic heterocycles. The van der Waals surface area contributed by atoms with Gasteiger partial charge >= 0.3 is 6.03 Å². The van der Waals surface area contributed by atoms with Gasteiger partial charge in [-0.1, -0.05) is 54.6 Å². The number of nitrogens with zero attached hydrogens (tertiary/aromatic N) is 2. The average molecular weight is 585 g/mol. The summed E-state index contributed by atoms with van der Waals surface area (Å²) in [6.07, 6.45) is 5.40. The smallest absolute Gasteiger partial charge is 0.320 e. The quantitative estimate of drug-likeness (QED) is 0.304. The molecule has 0 radical (unpaired) electrons. The Hall–Kier alpha value is -1.81. The number of carbonyl (C=O) groups excluding carboxylic acids is 1. The van der Waals surface area contributed by atoms with Crippen LogP contribution in [0.2, 0.25) is 10.0 Å². The van der Waals surface area contributed by atoms with Gasteiger partial charge in [0.25, 0.3) is 0 Å². The molecule has 9 heteroatoms. The number of hydrogen-bond acceptors (Lipinski definition) is 3. The van der Waals surface area contributed by atoms with Crippen molar-refractivity contribution in [2.24, 2.45) is 0 Å². The maximum absolute atomic E-state index is 12.7. The van der Waals surface area contributed by atoms with Gasteiger partial charge in [0, 0.05) is 25.8 Å². The summed E-state index contributed by atoms with van der Waals surface area (Å²) in [6.45, 7) is -0.300. The Balaban J connectivity index is 1.75. The minimum absolute atomic E-state index is 0.157. The number of anilines is 1. The summed E-state index contributed by atoms with van der Waals surface area (Å²) in [5.41, 5.74) is 2.60. The average Bonchev–Trinajstić information content (AvgIpc) is 3.12. The fourth-order valence-corrected chi connectivity index (χ4v) is 4.86. The van der Waals surface area contributed by atoms with E-state index in [9.17, 15) is 9.90 Å². The van der Waals surface area contributed by atoms with E-state index in [2.05, 4.69) is 38.3 Å². The van der Waals surface area contributed by atoms with Crippen LogP contribution in [0.1, 0.15) is 37.7 Å². The standard InChI is InChI=1S/C23H23Cl2IN4O2/c24-15-8-11-20(19(25)12-15)30-21(14-6-9-16(26)10-7-14)18(13-31)22(29-30)28-23(32)27-17-4-2-1-3-5-17/h6-12,17,31H,1-5,13H2,(H2,27,28,29,32). The summed E-state index contributed by atoms with van der Waals surface area (Å²) in [4.78, 5) is 12.7. The molecular weight excluding hydrogens is 562 g/mol. The predicted molar refractivity (Wildman–Crippen MR) is 137 cm³/mol. The van der Waals surface area contributed by atoms with Crippen molar-refractivity contribution < 1.29 is 9.90 Å². The molecule has 1 aliphatic rings. The zero-order chi connectivity index (χ0) is 22.7. The molecule has 168 valence electrons. The summed E-state index contributed by atoms with van der Waals surface area (Å²) in [5.74, 6) is 0.292. The fourth-order valence-electron chi connectivity index (χ4n) is 4.01. The van der Waals surface area contributed by atoms with Crippen molar-refractivity contribution in [2.45, 2.75) is 44.8 Å². The topological polar surface area (TPSA) is 79.2 Å². The Morgan fingerprint density at radius 1 is 1.12 bits per heavy atom. The van der Waals surface area contributed by atoms with E-state index >= 15 is 0 Å². The van der Waals surface area contributed by atoms with Gasteiger partial charge in [-0.05, 0) is 65.8 Å². The van der Waals surface area contributed by atoms with Gasteiger partial charge in [0.2, 0.25) is 0 Å². The van der Waals surface area contributed by atoms with E-state index < -0.39 is 0 Å². The molecule has 2 aromatic carbocycles. The highest BCUT2D eigenvalue weighted by Gasteiger charge is 2.24.